The van der Waals surface area contributed by atoms with E-state index >= 15 is 0 Å². The van der Waals surface area contributed by atoms with Crippen molar-refractivity contribution in [3.8, 4) is 0 Å². The molecular weight excluding hydrogens is 224 g/mol. The fourth-order valence-electron chi connectivity index (χ4n) is 3.06. The first kappa shape index (κ1) is 11.5. The van der Waals surface area contributed by atoms with Gasteiger partial charge in [0, 0.05) is 19.6 Å². The highest BCUT2D eigenvalue weighted by Gasteiger charge is 2.36. The van der Waals surface area contributed by atoms with Gasteiger partial charge in [0.05, 0.1) is 12.6 Å². The van der Waals surface area contributed by atoms with Crippen molar-refractivity contribution in [2.24, 2.45) is 0 Å². The van der Waals surface area contributed by atoms with E-state index < -0.39 is 0 Å². The summed E-state index contributed by atoms with van der Waals surface area (Å²) in [6, 6.07) is 8.73. The highest BCUT2D eigenvalue weighted by atomic mass is 16.2. The molecule has 1 aromatic rings. The summed E-state index contributed by atoms with van der Waals surface area (Å²) in [7, 11) is 0. The quantitative estimate of drug-likeness (QED) is 0.736. The van der Waals surface area contributed by atoms with Gasteiger partial charge in [0.25, 0.3) is 0 Å². The van der Waals surface area contributed by atoms with Gasteiger partial charge in [0.1, 0.15) is 0 Å². The summed E-state index contributed by atoms with van der Waals surface area (Å²) in [5.41, 5.74) is 2.72. The molecule has 1 unspecified atom stereocenters. The zero-order chi connectivity index (χ0) is 12.5. The molecule has 0 spiro atoms. The van der Waals surface area contributed by atoms with Crippen LogP contribution in [-0.2, 0) is 11.2 Å². The van der Waals surface area contributed by atoms with Crippen LogP contribution in [0.3, 0.4) is 0 Å². The van der Waals surface area contributed by atoms with E-state index in [9.17, 15) is 4.79 Å². The van der Waals surface area contributed by atoms with E-state index in [0.29, 0.717) is 6.54 Å². The summed E-state index contributed by atoms with van der Waals surface area (Å²) in [6.45, 7) is 6.87. The average Bonchev–Trinajstić information content (AvgIpc) is 2.39. The number of rotatable bonds is 2. The number of piperazine rings is 1. The SMILES string of the molecule is C=CCN1CC(=O)N2CCc3ccccc3C2C1. The third-order valence-electron chi connectivity index (χ3n) is 3.91. The Bertz CT molecular complexity index is 483. The van der Waals surface area contributed by atoms with E-state index in [4.69, 9.17) is 0 Å². The zero-order valence-electron chi connectivity index (χ0n) is 10.5. The molecule has 0 aromatic heterocycles. The molecule has 0 aliphatic carbocycles. The van der Waals surface area contributed by atoms with Gasteiger partial charge in [-0.05, 0) is 17.5 Å². The van der Waals surface area contributed by atoms with E-state index in [-0.39, 0.29) is 11.9 Å². The number of benzene rings is 1. The van der Waals surface area contributed by atoms with Crippen molar-refractivity contribution >= 4 is 5.91 Å². The van der Waals surface area contributed by atoms with Crippen molar-refractivity contribution in [3.05, 3.63) is 48.0 Å². The smallest absolute Gasteiger partial charge is 0.237 e. The second kappa shape index (κ2) is 4.58. The van der Waals surface area contributed by atoms with Gasteiger partial charge in [-0.3, -0.25) is 9.69 Å². The maximum absolute atomic E-state index is 12.2. The van der Waals surface area contributed by atoms with E-state index in [1.807, 2.05) is 11.0 Å². The number of nitrogens with zero attached hydrogens (tertiary/aromatic N) is 2. The van der Waals surface area contributed by atoms with Gasteiger partial charge in [0.15, 0.2) is 0 Å². The van der Waals surface area contributed by atoms with Crippen LogP contribution in [0, 0.1) is 0 Å². The van der Waals surface area contributed by atoms with Crippen LogP contribution >= 0.6 is 0 Å². The number of hydrogen-bond donors (Lipinski definition) is 0. The summed E-state index contributed by atoms with van der Waals surface area (Å²) in [6.07, 6.45) is 2.86. The van der Waals surface area contributed by atoms with Crippen LogP contribution in [0.5, 0.6) is 0 Å². The van der Waals surface area contributed by atoms with Crippen LogP contribution in [0.15, 0.2) is 36.9 Å². The summed E-state index contributed by atoms with van der Waals surface area (Å²) >= 11 is 0. The summed E-state index contributed by atoms with van der Waals surface area (Å²) in [5.74, 6) is 0.252. The molecule has 3 nitrogen and oxygen atoms in total. The maximum Gasteiger partial charge on any atom is 0.237 e. The van der Waals surface area contributed by atoms with Crippen molar-refractivity contribution in [3.63, 3.8) is 0 Å². The first-order valence-corrected chi connectivity index (χ1v) is 6.50. The zero-order valence-corrected chi connectivity index (χ0v) is 10.5. The maximum atomic E-state index is 12.2. The van der Waals surface area contributed by atoms with E-state index in [2.05, 4.69) is 35.7 Å². The van der Waals surface area contributed by atoms with Crippen LogP contribution in [-0.4, -0.2) is 41.9 Å². The predicted octanol–water partition coefficient (Wildman–Crippen LogP) is 1.61. The van der Waals surface area contributed by atoms with Gasteiger partial charge < -0.3 is 4.90 Å². The minimum Gasteiger partial charge on any atom is -0.333 e. The number of hydrogen-bond acceptors (Lipinski definition) is 2. The highest BCUT2D eigenvalue weighted by Crippen LogP contribution is 2.32. The molecule has 2 aliphatic heterocycles. The van der Waals surface area contributed by atoms with E-state index in [1.54, 1.807) is 0 Å². The molecule has 2 aliphatic rings. The Hall–Kier alpha value is -1.61. The Morgan fingerprint density at radius 1 is 1.39 bits per heavy atom. The summed E-state index contributed by atoms with van der Waals surface area (Å²) < 4.78 is 0. The van der Waals surface area contributed by atoms with Gasteiger partial charge >= 0.3 is 0 Å². The van der Waals surface area contributed by atoms with Crippen molar-refractivity contribution in [2.45, 2.75) is 12.5 Å². The minimum absolute atomic E-state index is 0.233. The number of carbonyl (C=O) groups excluding carboxylic acids is 1. The molecule has 3 rings (SSSR count). The molecule has 2 heterocycles. The Morgan fingerprint density at radius 2 is 2.22 bits per heavy atom. The van der Waals surface area contributed by atoms with Crippen LogP contribution in [0.2, 0.25) is 0 Å². The fraction of sp³-hybridized carbons (Fsp3) is 0.400. The molecule has 18 heavy (non-hydrogen) atoms. The molecule has 94 valence electrons. The molecule has 3 heteroatoms. The van der Waals surface area contributed by atoms with E-state index in [0.717, 1.165) is 26.1 Å². The van der Waals surface area contributed by atoms with Crippen molar-refractivity contribution in [1.29, 1.82) is 0 Å². The van der Waals surface area contributed by atoms with E-state index in [1.165, 1.54) is 11.1 Å². The molecule has 1 aromatic carbocycles. The minimum atomic E-state index is 0.233. The standard InChI is InChI=1S/C15H18N2O/c1-2-8-16-10-14-13-6-4-3-5-12(13)7-9-17(14)15(18)11-16/h2-6,14H,1,7-11H2. The Labute approximate surface area is 108 Å². The largest absolute Gasteiger partial charge is 0.333 e. The molecule has 1 saturated heterocycles. The summed E-state index contributed by atoms with van der Waals surface area (Å²) in [4.78, 5) is 16.4. The Kier molecular flexibility index (Phi) is 2.92. The average molecular weight is 242 g/mol. The molecule has 1 amide bonds. The van der Waals surface area contributed by atoms with Crippen molar-refractivity contribution < 1.29 is 4.79 Å². The van der Waals surface area contributed by atoms with Crippen LogP contribution in [0.1, 0.15) is 17.2 Å². The first-order valence-electron chi connectivity index (χ1n) is 6.50. The first-order chi connectivity index (χ1) is 8.79. The number of carbonyl (C=O) groups is 1. The van der Waals surface area contributed by atoms with Gasteiger partial charge in [-0.1, -0.05) is 30.3 Å². The van der Waals surface area contributed by atoms with Gasteiger partial charge in [0.2, 0.25) is 5.91 Å². The van der Waals surface area contributed by atoms with Gasteiger partial charge in [-0.2, -0.15) is 0 Å². The summed E-state index contributed by atoms with van der Waals surface area (Å²) in [5, 5.41) is 0. The molecular formula is C15H18N2O. The van der Waals surface area contributed by atoms with Gasteiger partial charge in [-0.15, -0.1) is 6.58 Å². The topological polar surface area (TPSA) is 23.6 Å². The second-order valence-corrected chi connectivity index (χ2v) is 5.03. The third-order valence-corrected chi connectivity index (χ3v) is 3.91. The lowest BCUT2D eigenvalue weighted by molar-refractivity contribution is -0.140. The van der Waals surface area contributed by atoms with Crippen LogP contribution in [0.25, 0.3) is 0 Å². The third kappa shape index (κ3) is 1.85. The lowest BCUT2D eigenvalue weighted by Gasteiger charge is -2.44. The monoisotopic (exact) mass is 242 g/mol. The lowest BCUT2D eigenvalue weighted by atomic mass is 9.91. The van der Waals surface area contributed by atoms with Crippen molar-refractivity contribution in [2.75, 3.05) is 26.2 Å². The van der Waals surface area contributed by atoms with Crippen LogP contribution < -0.4 is 0 Å². The van der Waals surface area contributed by atoms with Crippen molar-refractivity contribution in [1.82, 2.24) is 9.80 Å². The lowest BCUT2D eigenvalue weighted by Crippen LogP contribution is -2.54. The molecule has 0 radical (unpaired) electrons. The Morgan fingerprint density at radius 3 is 3.06 bits per heavy atom. The van der Waals surface area contributed by atoms with Crippen LogP contribution in [0.4, 0.5) is 0 Å². The number of fused-ring (bicyclic) bond motifs is 3. The number of amides is 1. The predicted molar refractivity (Wildman–Crippen MR) is 71.2 cm³/mol. The molecule has 0 bridgehead atoms. The second-order valence-electron chi connectivity index (χ2n) is 5.03. The molecule has 1 atom stereocenters. The van der Waals surface area contributed by atoms with Gasteiger partial charge in [-0.25, -0.2) is 0 Å². The fourth-order valence-corrected chi connectivity index (χ4v) is 3.06. The Balaban J connectivity index is 1.92. The normalized spacial score (nSPS) is 23.4. The molecule has 0 saturated carbocycles. The molecule has 1 fully saturated rings. The highest BCUT2D eigenvalue weighted by molar-refractivity contribution is 5.80. The molecule has 0 N–H and O–H groups in total.